The molecule has 1 fully saturated rings. The third-order valence-electron chi connectivity index (χ3n) is 3.35. The van der Waals surface area contributed by atoms with Crippen LogP contribution in [0, 0.1) is 5.92 Å². The number of carbonyl (C=O) groups is 1. The summed E-state index contributed by atoms with van der Waals surface area (Å²) in [4.78, 5) is 14.0. The number of morpholine rings is 1. The van der Waals surface area contributed by atoms with Crippen molar-refractivity contribution < 1.29 is 9.53 Å². The van der Waals surface area contributed by atoms with Gasteiger partial charge in [-0.3, -0.25) is 9.36 Å². The van der Waals surface area contributed by atoms with E-state index >= 15 is 0 Å². The van der Waals surface area contributed by atoms with Crippen molar-refractivity contribution in [3.8, 4) is 0 Å². The van der Waals surface area contributed by atoms with Crippen LogP contribution in [0.2, 0.25) is 0 Å². The van der Waals surface area contributed by atoms with Gasteiger partial charge in [-0.15, -0.1) is 10.2 Å². The molecule has 0 aromatic carbocycles. The largest absolute Gasteiger partial charge is 0.378 e. The molecule has 1 aliphatic heterocycles. The topological polar surface area (TPSA) is 72.3 Å². The van der Waals surface area contributed by atoms with E-state index in [0.29, 0.717) is 18.2 Å². The Kier molecular flexibility index (Phi) is 6.50. The van der Waals surface area contributed by atoms with Crippen LogP contribution in [-0.4, -0.2) is 59.3 Å². The van der Waals surface area contributed by atoms with E-state index in [9.17, 15) is 4.79 Å². The summed E-state index contributed by atoms with van der Waals surface area (Å²) in [5.74, 6) is 1.74. The molecule has 1 saturated heterocycles. The van der Waals surface area contributed by atoms with Gasteiger partial charge in [-0.05, 0) is 12.8 Å². The molecule has 0 radical (unpaired) electrons. The number of thioether (sulfide) groups is 1. The van der Waals surface area contributed by atoms with Crippen molar-refractivity contribution in [1.82, 2.24) is 20.1 Å². The third-order valence-corrected chi connectivity index (χ3v) is 4.31. The minimum Gasteiger partial charge on any atom is -0.378 e. The molecule has 124 valence electrons. The van der Waals surface area contributed by atoms with E-state index < -0.39 is 0 Å². The first-order valence-electron chi connectivity index (χ1n) is 7.77. The Morgan fingerprint density at radius 1 is 1.36 bits per heavy atom. The highest BCUT2D eigenvalue weighted by atomic mass is 32.2. The highest BCUT2D eigenvalue weighted by Crippen LogP contribution is 2.22. The maximum atomic E-state index is 11.8. The smallest absolute Gasteiger partial charge is 0.230 e. The van der Waals surface area contributed by atoms with Crippen LogP contribution in [0.4, 0.5) is 5.95 Å². The van der Waals surface area contributed by atoms with E-state index in [1.54, 1.807) is 0 Å². The summed E-state index contributed by atoms with van der Waals surface area (Å²) in [7, 11) is 0. The van der Waals surface area contributed by atoms with Gasteiger partial charge in [0.25, 0.3) is 0 Å². The van der Waals surface area contributed by atoms with E-state index in [-0.39, 0.29) is 5.91 Å². The van der Waals surface area contributed by atoms with Gasteiger partial charge in [-0.25, -0.2) is 0 Å². The molecule has 1 aromatic heterocycles. The summed E-state index contributed by atoms with van der Waals surface area (Å²) in [5.41, 5.74) is 0. The van der Waals surface area contributed by atoms with Gasteiger partial charge >= 0.3 is 0 Å². The number of ether oxygens (including phenoxy) is 1. The number of anilines is 1. The van der Waals surface area contributed by atoms with Crippen LogP contribution in [0.1, 0.15) is 20.8 Å². The lowest BCUT2D eigenvalue weighted by molar-refractivity contribution is -0.118. The number of amides is 1. The first-order chi connectivity index (χ1) is 10.6. The van der Waals surface area contributed by atoms with E-state index in [4.69, 9.17) is 4.74 Å². The number of aromatic nitrogens is 3. The van der Waals surface area contributed by atoms with E-state index in [2.05, 4.69) is 45.8 Å². The molecule has 1 aliphatic rings. The molecule has 8 heteroatoms. The molecule has 0 saturated carbocycles. The Morgan fingerprint density at radius 2 is 2.09 bits per heavy atom. The van der Waals surface area contributed by atoms with E-state index in [1.165, 1.54) is 11.8 Å². The summed E-state index contributed by atoms with van der Waals surface area (Å²) in [5, 5.41) is 12.2. The molecule has 1 amide bonds. The van der Waals surface area contributed by atoms with Gasteiger partial charge in [-0.2, -0.15) is 0 Å². The Labute approximate surface area is 135 Å². The fourth-order valence-electron chi connectivity index (χ4n) is 2.16. The maximum Gasteiger partial charge on any atom is 0.230 e. The molecule has 0 aliphatic carbocycles. The van der Waals surface area contributed by atoms with Crippen molar-refractivity contribution >= 4 is 23.6 Å². The van der Waals surface area contributed by atoms with Crippen LogP contribution in [0.25, 0.3) is 0 Å². The molecule has 0 atom stereocenters. The molecule has 0 unspecified atom stereocenters. The Morgan fingerprint density at radius 3 is 2.73 bits per heavy atom. The van der Waals surface area contributed by atoms with Crippen LogP contribution in [-0.2, 0) is 16.1 Å². The Bertz CT molecular complexity index is 486. The summed E-state index contributed by atoms with van der Waals surface area (Å²) >= 11 is 1.44. The Balaban J connectivity index is 1.93. The monoisotopic (exact) mass is 327 g/mol. The predicted molar refractivity (Wildman–Crippen MR) is 87.3 cm³/mol. The van der Waals surface area contributed by atoms with Gasteiger partial charge in [-0.1, -0.05) is 25.6 Å². The fourth-order valence-corrected chi connectivity index (χ4v) is 2.99. The fraction of sp³-hybridized carbons (Fsp3) is 0.786. The quantitative estimate of drug-likeness (QED) is 0.753. The van der Waals surface area contributed by atoms with Gasteiger partial charge in [0, 0.05) is 26.2 Å². The zero-order valence-electron chi connectivity index (χ0n) is 13.5. The number of carbonyl (C=O) groups excluding carboxylic acids is 1. The zero-order valence-corrected chi connectivity index (χ0v) is 14.4. The van der Waals surface area contributed by atoms with Crippen molar-refractivity contribution in [3.05, 3.63) is 0 Å². The molecule has 1 N–H and O–H groups in total. The number of hydrogen-bond donors (Lipinski definition) is 1. The summed E-state index contributed by atoms with van der Waals surface area (Å²) < 4.78 is 7.43. The molecule has 0 spiro atoms. The minimum atomic E-state index is 0.0391. The normalized spacial score (nSPS) is 15.4. The van der Waals surface area contributed by atoms with Crippen molar-refractivity contribution in [1.29, 1.82) is 0 Å². The molecule has 2 heterocycles. The summed E-state index contributed by atoms with van der Waals surface area (Å²) in [6, 6.07) is 0. The lowest BCUT2D eigenvalue weighted by Crippen LogP contribution is -2.38. The van der Waals surface area contributed by atoms with Crippen LogP contribution < -0.4 is 10.2 Å². The minimum absolute atomic E-state index is 0.0391. The van der Waals surface area contributed by atoms with Gasteiger partial charge in [0.1, 0.15) is 0 Å². The van der Waals surface area contributed by atoms with Gasteiger partial charge in [0.15, 0.2) is 5.16 Å². The second-order valence-corrected chi connectivity index (χ2v) is 6.56. The maximum absolute atomic E-state index is 11.8. The molecular weight excluding hydrogens is 302 g/mol. The standard InChI is InChI=1S/C14H25N5O2S/c1-4-19-13(18-5-7-21-8-6-18)16-17-14(19)22-10-12(20)15-9-11(2)3/h11H,4-10H2,1-3H3,(H,15,20). The van der Waals surface area contributed by atoms with Gasteiger partial charge < -0.3 is 15.0 Å². The average Bonchev–Trinajstić information content (AvgIpc) is 2.94. The van der Waals surface area contributed by atoms with Gasteiger partial charge in [0.05, 0.1) is 19.0 Å². The second-order valence-electron chi connectivity index (χ2n) is 5.61. The van der Waals surface area contributed by atoms with Crippen LogP contribution in [0.5, 0.6) is 0 Å². The molecule has 22 heavy (non-hydrogen) atoms. The third kappa shape index (κ3) is 4.61. The highest BCUT2D eigenvalue weighted by Gasteiger charge is 2.20. The van der Waals surface area contributed by atoms with Gasteiger partial charge in [0.2, 0.25) is 11.9 Å². The van der Waals surface area contributed by atoms with E-state index in [1.807, 2.05) is 0 Å². The lowest BCUT2D eigenvalue weighted by Gasteiger charge is -2.27. The molecule has 2 rings (SSSR count). The van der Waals surface area contributed by atoms with Crippen LogP contribution in [0.15, 0.2) is 5.16 Å². The zero-order chi connectivity index (χ0) is 15.9. The molecule has 0 bridgehead atoms. The molecular formula is C14H25N5O2S. The van der Waals surface area contributed by atoms with Crippen molar-refractivity contribution in [3.63, 3.8) is 0 Å². The van der Waals surface area contributed by atoms with Crippen LogP contribution in [0.3, 0.4) is 0 Å². The number of nitrogens with zero attached hydrogens (tertiary/aromatic N) is 4. The lowest BCUT2D eigenvalue weighted by atomic mass is 10.2. The van der Waals surface area contributed by atoms with Crippen molar-refractivity contribution in [2.75, 3.05) is 43.5 Å². The number of nitrogens with one attached hydrogen (secondary N) is 1. The molecule has 7 nitrogen and oxygen atoms in total. The predicted octanol–water partition coefficient (Wildman–Crippen LogP) is 0.999. The van der Waals surface area contributed by atoms with Crippen LogP contribution >= 0.6 is 11.8 Å². The highest BCUT2D eigenvalue weighted by molar-refractivity contribution is 7.99. The summed E-state index contributed by atoms with van der Waals surface area (Å²) in [6.07, 6.45) is 0. The first-order valence-corrected chi connectivity index (χ1v) is 8.75. The first kappa shape index (κ1) is 17.1. The average molecular weight is 327 g/mol. The Hall–Kier alpha value is -1.28. The number of hydrogen-bond acceptors (Lipinski definition) is 6. The van der Waals surface area contributed by atoms with E-state index in [0.717, 1.165) is 44.0 Å². The van der Waals surface area contributed by atoms with Crippen molar-refractivity contribution in [2.24, 2.45) is 5.92 Å². The number of rotatable bonds is 7. The second kappa shape index (κ2) is 8.38. The summed E-state index contributed by atoms with van der Waals surface area (Å²) in [6.45, 7) is 10.8. The molecule has 1 aromatic rings. The SMILES string of the molecule is CCn1c(SCC(=O)NCC(C)C)nnc1N1CCOCC1. The van der Waals surface area contributed by atoms with Crippen molar-refractivity contribution in [2.45, 2.75) is 32.5 Å².